The van der Waals surface area contributed by atoms with Crippen LogP contribution in [0.4, 0.5) is 4.79 Å². The van der Waals surface area contributed by atoms with Gasteiger partial charge in [0.15, 0.2) is 15.9 Å². The van der Waals surface area contributed by atoms with Crippen LogP contribution in [0, 0.1) is 0 Å². The van der Waals surface area contributed by atoms with Crippen molar-refractivity contribution >= 4 is 34.6 Å². The average Bonchev–Trinajstić information content (AvgIpc) is 2.79. The van der Waals surface area contributed by atoms with E-state index in [0.29, 0.717) is 17.3 Å². The van der Waals surface area contributed by atoms with Gasteiger partial charge in [0.1, 0.15) is 5.60 Å². The fourth-order valence-electron chi connectivity index (χ4n) is 1.06. The third-order valence-corrected chi connectivity index (χ3v) is 2.95. The van der Waals surface area contributed by atoms with Crippen molar-refractivity contribution in [2.45, 2.75) is 31.4 Å². The Morgan fingerprint density at radius 3 is 2.85 bits per heavy atom. The Hall–Kier alpha value is -1.48. The number of nitrogens with one attached hydrogen (secondary N) is 1. The monoisotopic (exact) mass is 322 g/mol. The Morgan fingerprint density at radius 1 is 1.55 bits per heavy atom. The number of hydrogen-bond acceptors (Lipinski definition) is 8. The molecule has 8 nitrogen and oxygen atoms in total. The molecule has 0 spiro atoms. The third kappa shape index (κ3) is 5.66. The van der Waals surface area contributed by atoms with Gasteiger partial charge in [0.25, 0.3) is 0 Å². The predicted octanol–water partition coefficient (Wildman–Crippen LogP) is 2.06. The summed E-state index contributed by atoms with van der Waals surface area (Å²) in [7, 11) is 0. The van der Waals surface area contributed by atoms with Gasteiger partial charge in [-0.25, -0.2) is 9.42 Å². The number of aromatic nitrogens is 2. The van der Waals surface area contributed by atoms with E-state index >= 15 is 0 Å². The quantitative estimate of drug-likeness (QED) is 0.281. The maximum atomic E-state index is 11.4. The number of carbonyl (C=O) groups is 1. The molecule has 0 saturated heterocycles. The van der Waals surface area contributed by atoms with Gasteiger partial charge < -0.3 is 15.3 Å². The number of amides is 1. The van der Waals surface area contributed by atoms with Crippen LogP contribution in [0.3, 0.4) is 0 Å². The van der Waals surface area contributed by atoms with Crippen molar-refractivity contribution in [2.24, 2.45) is 5.16 Å². The van der Waals surface area contributed by atoms with Crippen LogP contribution >= 0.6 is 23.4 Å². The highest BCUT2D eigenvalue weighted by Gasteiger charge is 2.17. The number of hydrogen-bond donors (Lipinski definition) is 2. The van der Waals surface area contributed by atoms with Crippen LogP contribution in [0.2, 0.25) is 0 Å². The number of thioether (sulfide) groups is 1. The van der Waals surface area contributed by atoms with Crippen LogP contribution < -0.4 is 5.32 Å². The number of carbonyl (C=O) groups excluding carboxylic acids is 1. The van der Waals surface area contributed by atoms with Crippen molar-refractivity contribution in [1.29, 1.82) is 0 Å². The van der Waals surface area contributed by atoms with Gasteiger partial charge in [-0.1, -0.05) is 28.5 Å². The highest BCUT2D eigenvalue weighted by molar-refractivity contribution is 7.99. The van der Waals surface area contributed by atoms with Crippen molar-refractivity contribution in [3.8, 4) is 0 Å². The topological polar surface area (TPSA) is 110 Å². The van der Waals surface area contributed by atoms with Gasteiger partial charge in [-0.2, -0.15) is 0 Å². The Balaban J connectivity index is 2.35. The number of halogens is 1. The van der Waals surface area contributed by atoms with E-state index in [1.165, 1.54) is 11.8 Å². The fraction of sp³-hybridized carbons (Fsp3) is 0.600. The summed E-state index contributed by atoms with van der Waals surface area (Å²) < 4.78 is 9.58. The summed E-state index contributed by atoms with van der Waals surface area (Å²) in [5.41, 5.74) is -0.387. The summed E-state index contributed by atoms with van der Waals surface area (Å²) in [5.74, 6) is 0.496. The van der Waals surface area contributed by atoms with E-state index in [1.54, 1.807) is 20.8 Å². The summed E-state index contributed by atoms with van der Waals surface area (Å²) in [6, 6.07) is 0. The summed E-state index contributed by atoms with van der Waals surface area (Å²) in [6.45, 7) is 5.71. The zero-order chi connectivity index (χ0) is 15.2. The first-order chi connectivity index (χ1) is 9.33. The number of alkyl carbamates (subject to hydrolysis) is 1. The number of nitrogens with zero attached hydrogens (tertiary/aromatic N) is 3. The van der Waals surface area contributed by atoms with E-state index in [4.69, 9.17) is 21.5 Å². The van der Waals surface area contributed by atoms with Crippen molar-refractivity contribution in [1.82, 2.24) is 15.6 Å². The molecule has 0 bridgehead atoms. The Kier molecular flexibility index (Phi) is 6.08. The second-order valence-electron chi connectivity index (χ2n) is 4.59. The first-order valence-corrected chi connectivity index (χ1v) is 7.00. The first kappa shape index (κ1) is 16.6. The van der Waals surface area contributed by atoms with Gasteiger partial charge in [-0.3, -0.25) is 0 Å². The van der Waals surface area contributed by atoms with Gasteiger partial charge >= 0.3 is 6.09 Å². The molecule has 1 rings (SSSR count). The van der Waals surface area contributed by atoms with E-state index in [2.05, 4.69) is 25.4 Å². The highest BCUT2D eigenvalue weighted by atomic mass is 35.5. The molecule has 0 aliphatic rings. The smallest absolute Gasteiger partial charge is 0.407 e. The van der Waals surface area contributed by atoms with Crippen LogP contribution in [-0.4, -0.2) is 44.7 Å². The van der Waals surface area contributed by atoms with Crippen LogP contribution in [-0.2, 0) is 4.74 Å². The molecule has 1 amide bonds. The number of rotatable bonds is 5. The zero-order valence-electron chi connectivity index (χ0n) is 11.2. The second kappa shape index (κ2) is 7.34. The summed E-state index contributed by atoms with van der Waals surface area (Å²) in [6.07, 6.45) is -0.494. The second-order valence-corrected chi connectivity index (χ2v) is 6.03. The average molecular weight is 323 g/mol. The lowest BCUT2D eigenvalue weighted by Gasteiger charge is -2.19. The SMILES string of the molecule is CC(C)(C)OC(=O)NCCSc1nonc1/C(Cl)=N/O. The molecule has 10 heteroatoms. The fourth-order valence-corrected chi connectivity index (χ4v) is 2.00. The molecule has 0 aliphatic heterocycles. The van der Waals surface area contributed by atoms with Crippen LogP contribution in [0.1, 0.15) is 26.5 Å². The maximum Gasteiger partial charge on any atom is 0.407 e. The van der Waals surface area contributed by atoms with Gasteiger partial charge in [-0.15, -0.1) is 0 Å². The van der Waals surface area contributed by atoms with E-state index in [1.807, 2.05) is 0 Å². The Labute approximate surface area is 124 Å². The molecule has 0 fully saturated rings. The van der Waals surface area contributed by atoms with Crippen molar-refractivity contribution in [3.63, 3.8) is 0 Å². The van der Waals surface area contributed by atoms with Crippen LogP contribution in [0.15, 0.2) is 14.8 Å². The minimum Gasteiger partial charge on any atom is -0.444 e. The minimum absolute atomic E-state index is 0.149. The van der Waals surface area contributed by atoms with Gasteiger partial charge in [0.2, 0.25) is 0 Å². The molecule has 0 unspecified atom stereocenters. The molecule has 0 atom stereocenters. The summed E-state index contributed by atoms with van der Waals surface area (Å²) >= 11 is 6.85. The van der Waals surface area contributed by atoms with Crippen molar-refractivity contribution in [2.75, 3.05) is 12.3 Å². The molecule has 112 valence electrons. The lowest BCUT2D eigenvalue weighted by Crippen LogP contribution is -2.33. The number of ether oxygens (including phenoxy) is 1. The zero-order valence-corrected chi connectivity index (χ0v) is 12.8. The molecule has 1 heterocycles. The largest absolute Gasteiger partial charge is 0.444 e. The lowest BCUT2D eigenvalue weighted by molar-refractivity contribution is 0.0531. The Morgan fingerprint density at radius 2 is 2.25 bits per heavy atom. The molecule has 0 aromatic carbocycles. The number of oxime groups is 1. The van der Waals surface area contributed by atoms with Crippen molar-refractivity contribution in [3.05, 3.63) is 5.69 Å². The molecule has 0 saturated carbocycles. The van der Waals surface area contributed by atoms with E-state index in [-0.39, 0.29) is 10.9 Å². The maximum absolute atomic E-state index is 11.4. The standard InChI is InChI=1S/C10H15ClN4O4S/c1-10(2,3)18-9(16)12-4-5-20-8-6(7(11)13-17)14-19-15-8/h17H,4-5H2,1-3H3,(H,12,16)/b13-7-. The molecular formula is C10H15ClN4O4S. The van der Waals surface area contributed by atoms with E-state index < -0.39 is 11.7 Å². The van der Waals surface area contributed by atoms with Crippen LogP contribution in [0.5, 0.6) is 0 Å². The summed E-state index contributed by atoms with van der Waals surface area (Å²) in [5, 5.41) is 21.2. The van der Waals surface area contributed by atoms with Gasteiger partial charge in [0.05, 0.1) is 0 Å². The minimum atomic E-state index is -0.536. The first-order valence-electron chi connectivity index (χ1n) is 5.63. The lowest BCUT2D eigenvalue weighted by atomic mass is 10.2. The van der Waals surface area contributed by atoms with Gasteiger partial charge in [-0.05, 0) is 31.1 Å². The van der Waals surface area contributed by atoms with E-state index in [9.17, 15) is 4.79 Å². The molecule has 2 N–H and O–H groups in total. The molecular weight excluding hydrogens is 308 g/mol. The van der Waals surface area contributed by atoms with Crippen molar-refractivity contribution < 1.29 is 19.4 Å². The molecule has 20 heavy (non-hydrogen) atoms. The van der Waals surface area contributed by atoms with E-state index in [0.717, 1.165) is 0 Å². The highest BCUT2D eigenvalue weighted by Crippen LogP contribution is 2.20. The molecule has 0 radical (unpaired) electrons. The predicted molar refractivity (Wildman–Crippen MR) is 73.4 cm³/mol. The summed E-state index contributed by atoms with van der Waals surface area (Å²) in [4.78, 5) is 11.4. The Bertz CT molecular complexity index is 486. The van der Waals surface area contributed by atoms with Crippen LogP contribution in [0.25, 0.3) is 0 Å². The van der Waals surface area contributed by atoms with Gasteiger partial charge in [0, 0.05) is 12.3 Å². The molecule has 0 aliphatic carbocycles. The normalized spacial score (nSPS) is 12.3. The molecule has 1 aromatic rings. The third-order valence-electron chi connectivity index (χ3n) is 1.75. The molecule has 1 aromatic heterocycles.